The zero-order valence-electron chi connectivity index (χ0n) is 9.92. The van der Waals surface area contributed by atoms with Crippen molar-refractivity contribution < 1.29 is 0 Å². The van der Waals surface area contributed by atoms with Crippen LogP contribution in [0.5, 0.6) is 0 Å². The van der Waals surface area contributed by atoms with Gasteiger partial charge in [0.2, 0.25) is 5.95 Å². The summed E-state index contributed by atoms with van der Waals surface area (Å²) in [6.45, 7) is 4.38. The topological polar surface area (TPSA) is 51.8 Å². The smallest absolute Gasteiger partial charge is 0.221 e. The Labute approximate surface area is 105 Å². The van der Waals surface area contributed by atoms with Crippen LogP contribution in [0.4, 0.5) is 5.95 Å². The van der Waals surface area contributed by atoms with Crippen LogP contribution in [-0.4, -0.2) is 9.97 Å². The first-order chi connectivity index (χ1) is 8.15. The van der Waals surface area contributed by atoms with E-state index in [4.69, 9.17) is 5.73 Å². The van der Waals surface area contributed by atoms with Crippen molar-refractivity contribution in [1.29, 1.82) is 0 Å². The van der Waals surface area contributed by atoms with E-state index in [9.17, 15) is 0 Å². The molecule has 0 aliphatic heterocycles. The third-order valence-electron chi connectivity index (χ3n) is 2.42. The molecule has 0 fully saturated rings. The second-order valence-electron chi connectivity index (χ2n) is 4.08. The Hall–Kier alpha value is -1.55. The van der Waals surface area contributed by atoms with Crippen LogP contribution >= 0.6 is 11.8 Å². The molecule has 0 amide bonds. The SMILES string of the molecule is CC(C)c1ccc(Sc2ccnc(N)n2)cc1. The zero-order valence-corrected chi connectivity index (χ0v) is 10.7. The van der Waals surface area contributed by atoms with Gasteiger partial charge >= 0.3 is 0 Å². The van der Waals surface area contributed by atoms with Crippen molar-refractivity contribution in [2.24, 2.45) is 0 Å². The van der Waals surface area contributed by atoms with Crippen LogP contribution in [-0.2, 0) is 0 Å². The molecule has 0 spiro atoms. The highest BCUT2D eigenvalue weighted by atomic mass is 32.2. The van der Waals surface area contributed by atoms with Gasteiger partial charge in [0.25, 0.3) is 0 Å². The molecule has 2 rings (SSSR count). The normalized spacial score (nSPS) is 10.8. The van der Waals surface area contributed by atoms with Crippen LogP contribution < -0.4 is 5.73 Å². The summed E-state index contributed by atoms with van der Waals surface area (Å²) in [5, 5.41) is 0.870. The van der Waals surface area contributed by atoms with Crippen LogP contribution in [0.25, 0.3) is 0 Å². The van der Waals surface area contributed by atoms with E-state index in [-0.39, 0.29) is 0 Å². The quantitative estimate of drug-likeness (QED) is 0.843. The summed E-state index contributed by atoms with van der Waals surface area (Å²) in [5.41, 5.74) is 6.88. The van der Waals surface area contributed by atoms with Gasteiger partial charge in [0.1, 0.15) is 5.03 Å². The molecule has 88 valence electrons. The van der Waals surface area contributed by atoms with E-state index in [2.05, 4.69) is 48.1 Å². The molecule has 0 aliphatic carbocycles. The third-order valence-corrected chi connectivity index (χ3v) is 3.36. The van der Waals surface area contributed by atoms with E-state index in [1.54, 1.807) is 18.0 Å². The molecular formula is C13H15N3S. The Morgan fingerprint density at radius 3 is 2.41 bits per heavy atom. The Bertz CT molecular complexity index is 494. The number of nitrogens with zero attached hydrogens (tertiary/aromatic N) is 2. The van der Waals surface area contributed by atoms with Gasteiger partial charge < -0.3 is 5.73 Å². The number of rotatable bonds is 3. The molecule has 0 saturated carbocycles. The molecule has 2 N–H and O–H groups in total. The number of hydrogen-bond donors (Lipinski definition) is 1. The maximum atomic E-state index is 5.54. The van der Waals surface area contributed by atoms with Crippen LogP contribution in [0.2, 0.25) is 0 Å². The van der Waals surface area contributed by atoms with Gasteiger partial charge in [-0.2, -0.15) is 0 Å². The average Bonchev–Trinajstić information content (AvgIpc) is 2.29. The first kappa shape index (κ1) is 11.9. The van der Waals surface area contributed by atoms with E-state index in [0.717, 1.165) is 9.92 Å². The van der Waals surface area contributed by atoms with Crippen LogP contribution in [0.3, 0.4) is 0 Å². The molecular weight excluding hydrogens is 230 g/mol. The first-order valence-corrected chi connectivity index (χ1v) is 6.33. The van der Waals surface area contributed by atoms with E-state index in [0.29, 0.717) is 11.9 Å². The lowest BCUT2D eigenvalue weighted by Gasteiger charge is -2.06. The number of nitrogens with two attached hydrogens (primary N) is 1. The molecule has 2 aromatic rings. The second-order valence-corrected chi connectivity index (χ2v) is 5.17. The van der Waals surface area contributed by atoms with Gasteiger partial charge in [0.05, 0.1) is 0 Å². The molecule has 3 nitrogen and oxygen atoms in total. The summed E-state index contributed by atoms with van der Waals surface area (Å²) in [7, 11) is 0. The van der Waals surface area contributed by atoms with Crippen LogP contribution in [0.15, 0.2) is 46.5 Å². The molecule has 0 atom stereocenters. The van der Waals surface area contributed by atoms with Gasteiger partial charge in [0, 0.05) is 11.1 Å². The predicted octanol–water partition coefficient (Wildman–Crippen LogP) is 3.33. The van der Waals surface area contributed by atoms with Gasteiger partial charge in [-0.15, -0.1) is 0 Å². The molecule has 1 aromatic carbocycles. The van der Waals surface area contributed by atoms with Gasteiger partial charge in [-0.1, -0.05) is 37.7 Å². The fourth-order valence-corrected chi connectivity index (χ4v) is 2.24. The maximum Gasteiger partial charge on any atom is 0.221 e. The van der Waals surface area contributed by atoms with E-state index in [1.165, 1.54) is 5.56 Å². The molecule has 1 heterocycles. The summed E-state index contributed by atoms with van der Waals surface area (Å²) < 4.78 is 0. The summed E-state index contributed by atoms with van der Waals surface area (Å²) in [5.74, 6) is 0.873. The highest BCUT2D eigenvalue weighted by molar-refractivity contribution is 7.99. The molecule has 4 heteroatoms. The minimum atomic E-state index is 0.314. The molecule has 0 aliphatic rings. The summed E-state index contributed by atoms with van der Waals surface area (Å²) in [6, 6.07) is 10.4. The van der Waals surface area contributed by atoms with Gasteiger partial charge in [-0.05, 0) is 29.7 Å². The molecule has 17 heavy (non-hydrogen) atoms. The predicted molar refractivity (Wildman–Crippen MR) is 71.1 cm³/mol. The van der Waals surface area contributed by atoms with Gasteiger partial charge in [-0.25, -0.2) is 9.97 Å². The minimum absolute atomic E-state index is 0.314. The summed E-state index contributed by atoms with van der Waals surface area (Å²) in [6.07, 6.45) is 1.67. The van der Waals surface area contributed by atoms with Crippen molar-refractivity contribution in [2.45, 2.75) is 29.7 Å². The highest BCUT2D eigenvalue weighted by Gasteiger charge is 2.02. The van der Waals surface area contributed by atoms with E-state index < -0.39 is 0 Å². The molecule has 0 unspecified atom stereocenters. The molecule has 0 saturated heterocycles. The molecule has 0 radical (unpaired) electrons. The van der Waals surface area contributed by atoms with Gasteiger partial charge in [-0.3, -0.25) is 0 Å². The summed E-state index contributed by atoms with van der Waals surface area (Å²) >= 11 is 1.59. The fraction of sp³-hybridized carbons (Fsp3) is 0.231. The number of hydrogen-bond acceptors (Lipinski definition) is 4. The van der Waals surface area contributed by atoms with Crippen molar-refractivity contribution in [1.82, 2.24) is 9.97 Å². The Kier molecular flexibility index (Phi) is 3.64. The van der Waals surface area contributed by atoms with Crippen molar-refractivity contribution in [3.8, 4) is 0 Å². The van der Waals surface area contributed by atoms with Crippen molar-refractivity contribution in [3.63, 3.8) is 0 Å². The monoisotopic (exact) mass is 245 g/mol. The Morgan fingerprint density at radius 2 is 1.82 bits per heavy atom. The Balaban J connectivity index is 2.14. The summed E-state index contributed by atoms with van der Waals surface area (Å²) in [4.78, 5) is 9.19. The van der Waals surface area contributed by atoms with Gasteiger partial charge in [0.15, 0.2) is 0 Å². The minimum Gasteiger partial charge on any atom is -0.368 e. The van der Waals surface area contributed by atoms with Crippen molar-refractivity contribution >= 4 is 17.7 Å². The largest absolute Gasteiger partial charge is 0.368 e. The zero-order chi connectivity index (χ0) is 12.3. The van der Waals surface area contributed by atoms with E-state index in [1.807, 2.05) is 6.07 Å². The first-order valence-electron chi connectivity index (χ1n) is 5.51. The third kappa shape index (κ3) is 3.20. The molecule has 1 aromatic heterocycles. The average molecular weight is 245 g/mol. The number of nitrogen functional groups attached to an aromatic ring is 1. The van der Waals surface area contributed by atoms with Crippen molar-refractivity contribution in [3.05, 3.63) is 42.1 Å². The van der Waals surface area contributed by atoms with Crippen LogP contribution in [0, 0.1) is 0 Å². The number of aromatic nitrogens is 2. The second kappa shape index (κ2) is 5.19. The number of anilines is 1. The Morgan fingerprint density at radius 1 is 1.12 bits per heavy atom. The lowest BCUT2D eigenvalue weighted by atomic mass is 10.0. The van der Waals surface area contributed by atoms with Crippen molar-refractivity contribution in [2.75, 3.05) is 5.73 Å². The standard InChI is InChI=1S/C13H15N3S/c1-9(2)10-3-5-11(6-4-10)17-12-7-8-15-13(14)16-12/h3-9H,1-2H3,(H2,14,15,16). The molecule has 0 bridgehead atoms. The lowest BCUT2D eigenvalue weighted by molar-refractivity contribution is 0.865. The fourth-order valence-electron chi connectivity index (χ4n) is 1.45. The van der Waals surface area contributed by atoms with E-state index >= 15 is 0 Å². The highest BCUT2D eigenvalue weighted by Crippen LogP contribution is 2.27. The maximum absolute atomic E-state index is 5.54. The number of benzene rings is 1. The van der Waals surface area contributed by atoms with Crippen LogP contribution in [0.1, 0.15) is 25.3 Å². The lowest BCUT2D eigenvalue weighted by Crippen LogP contribution is -1.94.